The van der Waals surface area contributed by atoms with Crippen molar-refractivity contribution in [2.45, 2.75) is 6.92 Å². The SMILES string of the molecule is Cc1ccc(NC(=O)NCCOc2ccccc2F)cc1. The molecule has 21 heavy (non-hydrogen) atoms. The van der Waals surface area contributed by atoms with Gasteiger partial charge < -0.3 is 15.4 Å². The van der Waals surface area contributed by atoms with Gasteiger partial charge in [0, 0.05) is 5.69 Å². The van der Waals surface area contributed by atoms with E-state index < -0.39 is 5.82 Å². The van der Waals surface area contributed by atoms with E-state index in [0.29, 0.717) is 5.69 Å². The molecule has 0 aliphatic carbocycles. The van der Waals surface area contributed by atoms with Crippen molar-refractivity contribution in [3.8, 4) is 5.75 Å². The molecule has 0 aromatic heterocycles. The smallest absolute Gasteiger partial charge is 0.319 e. The average Bonchev–Trinajstić information content (AvgIpc) is 2.48. The number of urea groups is 1. The number of para-hydroxylation sites is 1. The highest BCUT2D eigenvalue weighted by molar-refractivity contribution is 5.89. The zero-order valence-electron chi connectivity index (χ0n) is 11.7. The summed E-state index contributed by atoms with van der Waals surface area (Å²) in [5.74, 6) is -0.236. The number of anilines is 1. The van der Waals surface area contributed by atoms with Crippen molar-refractivity contribution in [2.75, 3.05) is 18.5 Å². The first kappa shape index (κ1) is 14.8. The van der Waals surface area contributed by atoms with Gasteiger partial charge in [-0.2, -0.15) is 0 Å². The summed E-state index contributed by atoms with van der Waals surface area (Å²) < 4.78 is 18.5. The Bertz CT molecular complexity index is 599. The Morgan fingerprint density at radius 1 is 1.14 bits per heavy atom. The highest BCUT2D eigenvalue weighted by Gasteiger charge is 2.03. The van der Waals surface area contributed by atoms with Crippen LogP contribution in [0.4, 0.5) is 14.9 Å². The molecular formula is C16H17FN2O2. The van der Waals surface area contributed by atoms with Crippen molar-refractivity contribution in [1.82, 2.24) is 5.32 Å². The number of amides is 2. The van der Waals surface area contributed by atoms with Crippen molar-refractivity contribution in [3.05, 3.63) is 59.9 Å². The minimum atomic E-state index is -0.415. The lowest BCUT2D eigenvalue weighted by molar-refractivity contribution is 0.246. The summed E-state index contributed by atoms with van der Waals surface area (Å²) in [6, 6.07) is 13.3. The summed E-state index contributed by atoms with van der Waals surface area (Å²) >= 11 is 0. The number of carbonyl (C=O) groups is 1. The monoisotopic (exact) mass is 288 g/mol. The molecule has 0 aliphatic rings. The normalized spacial score (nSPS) is 10.0. The minimum absolute atomic E-state index is 0.179. The molecule has 4 nitrogen and oxygen atoms in total. The van der Waals surface area contributed by atoms with Gasteiger partial charge in [0.15, 0.2) is 11.6 Å². The Labute approximate surface area is 122 Å². The second kappa shape index (κ2) is 7.28. The number of hydrogen-bond acceptors (Lipinski definition) is 2. The number of ether oxygens (including phenoxy) is 1. The van der Waals surface area contributed by atoms with Crippen LogP contribution < -0.4 is 15.4 Å². The quantitative estimate of drug-likeness (QED) is 0.829. The molecule has 0 spiro atoms. The first-order valence-corrected chi connectivity index (χ1v) is 6.64. The number of nitrogens with one attached hydrogen (secondary N) is 2. The third kappa shape index (κ3) is 4.80. The Hall–Kier alpha value is -2.56. The number of aryl methyl sites for hydroxylation is 1. The standard InChI is InChI=1S/C16H17FN2O2/c1-12-6-8-13(9-7-12)19-16(20)18-10-11-21-15-5-3-2-4-14(15)17/h2-9H,10-11H2,1H3,(H2,18,19,20). The maximum absolute atomic E-state index is 13.3. The summed E-state index contributed by atoms with van der Waals surface area (Å²) in [6.45, 7) is 2.46. The topological polar surface area (TPSA) is 50.4 Å². The maximum Gasteiger partial charge on any atom is 0.319 e. The Morgan fingerprint density at radius 3 is 2.57 bits per heavy atom. The Morgan fingerprint density at radius 2 is 1.86 bits per heavy atom. The molecule has 0 aliphatic heterocycles. The van der Waals surface area contributed by atoms with Crippen LogP contribution in [0.3, 0.4) is 0 Å². The molecule has 0 bridgehead atoms. The Balaban J connectivity index is 1.70. The molecule has 0 atom stereocenters. The van der Waals surface area contributed by atoms with Gasteiger partial charge in [0.05, 0.1) is 6.54 Å². The summed E-state index contributed by atoms with van der Waals surface area (Å²) in [7, 11) is 0. The molecule has 0 saturated carbocycles. The van der Waals surface area contributed by atoms with Crippen molar-refractivity contribution in [1.29, 1.82) is 0 Å². The van der Waals surface area contributed by atoms with E-state index in [1.54, 1.807) is 18.2 Å². The van der Waals surface area contributed by atoms with E-state index in [-0.39, 0.29) is 24.9 Å². The number of carbonyl (C=O) groups excluding carboxylic acids is 1. The van der Waals surface area contributed by atoms with Gasteiger partial charge in [0.1, 0.15) is 6.61 Å². The fourth-order valence-electron chi connectivity index (χ4n) is 1.70. The first-order valence-electron chi connectivity index (χ1n) is 6.64. The molecule has 0 fully saturated rings. The van der Waals surface area contributed by atoms with Gasteiger partial charge >= 0.3 is 6.03 Å². The van der Waals surface area contributed by atoms with Gasteiger partial charge in [-0.25, -0.2) is 9.18 Å². The zero-order valence-corrected chi connectivity index (χ0v) is 11.7. The third-order valence-corrected chi connectivity index (χ3v) is 2.79. The van der Waals surface area contributed by atoms with Crippen LogP contribution in [0.1, 0.15) is 5.56 Å². The zero-order chi connectivity index (χ0) is 15.1. The molecule has 2 amide bonds. The Kier molecular flexibility index (Phi) is 5.15. The van der Waals surface area contributed by atoms with E-state index >= 15 is 0 Å². The van der Waals surface area contributed by atoms with E-state index in [1.807, 2.05) is 31.2 Å². The molecule has 2 rings (SSSR count). The first-order chi connectivity index (χ1) is 10.1. The van der Waals surface area contributed by atoms with Crippen LogP contribution >= 0.6 is 0 Å². The fraction of sp³-hybridized carbons (Fsp3) is 0.188. The molecule has 0 radical (unpaired) electrons. The fourth-order valence-corrected chi connectivity index (χ4v) is 1.70. The van der Waals surface area contributed by atoms with Gasteiger partial charge in [0.2, 0.25) is 0 Å². The molecule has 2 aromatic carbocycles. The molecular weight excluding hydrogens is 271 g/mol. The largest absolute Gasteiger partial charge is 0.489 e. The van der Waals surface area contributed by atoms with Crippen LogP contribution in [0.5, 0.6) is 5.75 Å². The van der Waals surface area contributed by atoms with Crippen molar-refractivity contribution < 1.29 is 13.9 Å². The van der Waals surface area contributed by atoms with Gasteiger partial charge in [0.25, 0.3) is 0 Å². The van der Waals surface area contributed by atoms with E-state index in [0.717, 1.165) is 5.56 Å². The van der Waals surface area contributed by atoms with Crippen molar-refractivity contribution >= 4 is 11.7 Å². The summed E-state index contributed by atoms with van der Waals surface area (Å²) in [4.78, 5) is 11.6. The number of rotatable bonds is 5. The lowest BCUT2D eigenvalue weighted by Crippen LogP contribution is -2.32. The van der Waals surface area contributed by atoms with Crippen LogP contribution in [0.15, 0.2) is 48.5 Å². The highest BCUT2D eigenvalue weighted by Crippen LogP contribution is 2.14. The number of halogens is 1. The lowest BCUT2D eigenvalue weighted by Gasteiger charge is -2.09. The lowest BCUT2D eigenvalue weighted by atomic mass is 10.2. The van der Waals surface area contributed by atoms with Crippen LogP contribution in [0.2, 0.25) is 0 Å². The maximum atomic E-state index is 13.3. The van der Waals surface area contributed by atoms with E-state index in [1.165, 1.54) is 6.07 Å². The summed E-state index contributed by atoms with van der Waals surface area (Å²) in [5.41, 5.74) is 1.84. The molecule has 0 heterocycles. The average molecular weight is 288 g/mol. The van der Waals surface area contributed by atoms with Crippen LogP contribution in [-0.4, -0.2) is 19.2 Å². The third-order valence-electron chi connectivity index (χ3n) is 2.79. The van der Waals surface area contributed by atoms with Gasteiger partial charge in [-0.3, -0.25) is 0 Å². The van der Waals surface area contributed by atoms with E-state index in [4.69, 9.17) is 4.74 Å². The van der Waals surface area contributed by atoms with E-state index in [2.05, 4.69) is 10.6 Å². The van der Waals surface area contributed by atoms with Crippen LogP contribution in [0.25, 0.3) is 0 Å². The summed E-state index contributed by atoms with van der Waals surface area (Å²) in [6.07, 6.45) is 0. The predicted molar refractivity (Wildman–Crippen MR) is 80.1 cm³/mol. The molecule has 5 heteroatoms. The van der Waals surface area contributed by atoms with Crippen molar-refractivity contribution in [2.24, 2.45) is 0 Å². The molecule has 0 saturated heterocycles. The molecule has 0 unspecified atom stereocenters. The number of hydrogen-bond donors (Lipinski definition) is 2. The van der Waals surface area contributed by atoms with Gasteiger partial charge in [-0.15, -0.1) is 0 Å². The second-order valence-electron chi connectivity index (χ2n) is 4.53. The molecule has 2 aromatic rings. The van der Waals surface area contributed by atoms with E-state index in [9.17, 15) is 9.18 Å². The van der Waals surface area contributed by atoms with Crippen molar-refractivity contribution in [3.63, 3.8) is 0 Å². The summed E-state index contributed by atoms with van der Waals surface area (Å²) in [5, 5.41) is 5.34. The second-order valence-corrected chi connectivity index (χ2v) is 4.53. The predicted octanol–water partition coefficient (Wildman–Crippen LogP) is 3.33. The van der Waals surface area contributed by atoms with Crippen LogP contribution in [-0.2, 0) is 0 Å². The van der Waals surface area contributed by atoms with Crippen LogP contribution in [0, 0.1) is 12.7 Å². The highest BCUT2D eigenvalue weighted by atomic mass is 19.1. The minimum Gasteiger partial charge on any atom is -0.489 e. The van der Waals surface area contributed by atoms with Gasteiger partial charge in [-0.1, -0.05) is 29.8 Å². The molecule has 110 valence electrons. The number of benzene rings is 2. The van der Waals surface area contributed by atoms with Gasteiger partial charge in [-0.05, 0) is 31.2 Å². The molecule has 2 N–H and O–H groups in total.